The van der Waals surface area contributed by atoms with Crippen LogP contribution in [0.4, 0.5) is 0 Å². The third kappa shape index (κ3) is 1.84. The highest BCUT2D eigenvalue weighted by Crippen LogP contribution is 2.26. The van der Waals surface area contributed by atoms with Crippen molar-refractivity contribution in [3.8, 4) is 11.1 Å². The maximum absolute atomic E-state index is 12.7. The molecule has 4 rings (SSSR count). The Kier molecular flexibility index (Phi) is 2.61. The highest BCUT2D eigenvalue weighted by Gasteiger charge is 2.10. The molecule has 0 unspecified atom stereocenters. The lowest BCUT2D eigenvalue weighted by Crippen LogP contribution is -2.04. The normalized spacial score (nSPS) is 11.0. The summed E-state index contributed by atoms with van der Waals surface area (Å²) >= 11 is 0. The monoisotopic (exact) mass is 272 g/mol. The molecule has 0 fully saturated rings. The van der Waals surface area contributed by atoms with E-state index in [0.29, 0.717) is 16.5 Å². The maximum Gasteiger partial charge on any atom is 0.200 e. The summed E-state index contributed by atoms with van der Waals surface area (Å²) < 4.78 is 5.79. The maximum atomic E-state index is 12.7. The summed E-state index contributed by atoms with van der Waals surface area (Å²) in [5, 5.41) is 2.65. The molecule has 0 aliphatic carbocycles. The van der Waals surface area contributed by atoms with Gasteiger partial charge in [-0.25, -0.2) is 0 Å². The fourth-order valence-corrected chi connectivity index (χ4v) is 2.68. The van der Waals surface area contributed by atoms with Crippen molar-refractivity contribution >= 4 is 21.7 Å². The molecule has 0 atom stereocenters. The van der Waals surface area contributed by atoms with Crippen LogP contribution in [0.1, 0.15) is 0 Å². The second-order valence-corrected chi connectivity index (χ2v) is 5.01. The highest BCUT2D eigenvalue weighted by molar-refractivity contribution is 6.04. The molecule has 0 bridgehead atoms. The van der Waals surface area contributed by atoms with Gasteiger partial charge in [-0.2, -0.15) is 0 Å². The zero-order valence-electron chi connectivity index (χ0n) is 11.2. The van der Waals surface area contributed by atoms with Crippen molar-refractivity contribution in [3.05, 3.63) is 83.2 Å². The van der Waals surface area contributed by atoms with Crippen molar-refractivity contribution in [1.29, 1.82) is 0 Å². The van der Waals surface area contributed by atoms with Crippen molar-refractivity contribution in [3.63, 3.8) is 0 Å². The van der Waals surface area contributed by atoms with Crippen molar-refractivity contribution in [2.24, 2.45) is 0 Å². The third-order valence-corrected chi connectivity index (χ3v) is 3.75. The van der Waals surface area contributed by atoms with E-state index in [9.17, 15) is 4.79 Å². The molecule has 4 aromatic rings. The summed E-state index contributed by atoms with van der Waals surface area (Å²) in [5.41, 5.74) is 2.13. The Morgan fingerprint density at radius 1 is 0.714 bits per heavy atom. The summed E-state index contributed by atoms with van der Waals surface area (Å²) in [6.45, 7) is 0. The molecule has 21 heavy (non-hydrogen) atoms. The van der Waals surface area contributed by atoms with E-state index < -0.39 is 0 Å². The quantitative estimate of drug-likeness (QED) is 0.473. The zero-order valence-corrected chi connectivity index (χ0v) is 11.2. The summed E-state index contributed by atoms with van der Waals surface area (Å²) in [5.74, 6) is 0. The van der Waals surface area contributed by atoms with Gasteiger partial charge in [-0.3, -0.25) is 4.79 Å². The molecule has 0 aliphatic heterocycles. The standard InChI is InChI=1S/C19H12O2/c20-18-16-11-10-14-8-4-5-9-15(14)19(16)21-12-17(18)13-6-2-1-3-7-13/h1-12H. The summed E-state index contributed by atoms with van der Waals surface area (Å²) in [6, 6.07) is 21.3. The number of fused-ring (bicyclic) bond motifs is 3. The van der Waals surface area contributed by atoms with E-state index in [-0.39, 0.29) is 5.43 Å². The third-order valence-electron chi connectivity index (χ3n) is 3.75. The molecule has 0 saturated carbocycles. The summed E-state index contributed by atoms with van der Waals surface area (Å²) in [4.78, 5) is 12.7. The Morgan fingerprint density at radius 2 is 1.48 bits per heavy atom. The van der Waals surface area contributed by atoms with Gasteiger partial charge in [0.15, 0.2) is 0 Å². The molecule has 3 aromatic carbocycles. The number of hydrogen-bond acceptors (Lipinski definition) is 2. The minimum absolute atomic E-state index is 0.00760. The number of benzene rings is 3. The van der Waals surface area contributed by atoms with Crippen LogP contribution in [0.25, 0.3) is 32.9 Å². The molecular formula is C19H12O2. The molecular weight excluding hydrogens is 260 g/mol. The highest BCUT2D eigenvalue weighted by atomic mass is 16.3. The van der Waals surface area contributed by atoms with Gasteiger partial charge in [0, 0.05) is 5.39 Å². The second-order valence-electron chi connectivity index (χ2n) is 5.01. The van der Waals surface area contributed by atoms with Crippen LogP contribution in [0.3, 0.4) is 0 Å². The van der Waals surface area contributed by atoms with E-state index in [1.807, 2.05) is 66.7 Å². The van der Waals surface area contributed by atoms with Crippen molar-refractivity contribution in [1.82, 2.24) is 0 Å². The average molecular weight is 272 g/mol. The molecule has 0 amide bonds. The van der Waals surface area contributed by atoms with Crippen LogP contribution in [0.5, 0.6) is 0 Å². The fourth-order valence-electron chi connectivity index (χ4n) is 2.68. The average Bonchev–Trinajstić information content (AvgIpc) is 2.56. The van der Waals surface area contributed by atoms with Gasteiger partial charge in [0.2, 0.25) is 5.43 Å². The van der Waals surface area contributed by atoms with Crippen LogP contribution in [-0.2, 0) is 0 Å². The molecule has 1 aromatic heterocycles. The topological polar surface area (TPSA) is 30.2 Å². The fraction of sp³-hybridized carbons (Fsp3) is 0. The van der Waals surface area contributed by atoms with Crippen LogP contribution in [-0.4, -0.2) is 0 Å². The largest absolute Gasteiger partial charge is 0.463 e. The minimum atomic E-state index is 0.00760. The first kappa shape index (κ1) is 11.9. The van der Waals surface area contributed by atoms with Crippen LogP contribution in [0.2, 0.25) is 0 Å². The minimum Gasteiger partial charge on any atom is -0.463 e. The Hall–Kier alpha value is -2.87. The Labute approximate surface area is 121 Å². The lowest BCUT2D eigenvalue weighted by atomic mass is 10.0. The smallest absolute Gasteiger partial charge is 0.200 e. The zero-order chi connectivity index (χ0) is 14.2. The van der Waals surface area contributed by atoms with E-state index in [2.05, 4.69) is 0 Å². The van der Waals surface area contributed by atoms with Gasteiger partial charge >= 0.3 is 0 Å². The van der Waals surface area contributed by atoms with Gasteiger partial charge in [-0.15, -0.1) is 0 Å². The molecule has 100 valence electrons. The van der Waals surface area contributed by atoms with E-state index in [1.54, 1.807) is 6.26 Å². The van der Waals surface area contributed by atoms with E-state index >= 15 is 0 Å². The van der Waals surface area contributed by atoms with Gasteiger partial charge < -0.3 is 4.42 Å². The molecule has 2 nitrogen and oxygen atoms in total. The Morgan fingerprint density at radius 3 is 2.33 bits per heavy atom. The molecule has 0 spiro atoms. The van der Waals surface area contributed by atoms with Gasteiger partial charge in [0.25, 0.3) is 0 Å². The molecule has 2 heteroatoms. The Balaban J connectivity index is 2.09. The van der Waals surface area contributed by atoms with E-state index in [4.69, 9.17) is 4.42 Å². The lowest BCUT2D eigenvalue weighted by Gasteiger charge is -2.05. The van der Waals surface area contributed by atoms with Gasteiger partial charge in [-0.05, 0) is 17.0 Å². The molecule has 1 heterocycles. The van der Waals surface area contributed by atoms with Gasteiger partial charge in [0.1, 0.15) is 11.8 Å². The lowest BCUT2D eigenvalue weighted by molar-refractivity contribution is 0.608. The predicted molar refractivity (Wildman–Crippen MR) is 85.4 cm³/mol. The first-order valence-electron chi connectivity index (χ1n) is 6.83. The van der Waals surface area contributed by atoms with Crippen LogP contribution >= 0.6 is 0 Å². The van der Waals surface area contributed by atoms with Crippen molar-refractivity contribution in [2.45, 2.75) is 0 Å². The molecule has 0 aliphatic rings. The van der Waals surface area contributed by atoms with Gasteiger partial charge in [0.05, 0.1) is 10.9 Å². The molecule has 0 N–H and O–H groups in total. The first-order valence-corrected chi connectivity index (χ1v) is 6.83. The molecule has 0 radical (unpaired) electrons. The van der Waals surface area contributed by atoms with E-state index in [0.717, 1.165) is 16.3 Å². The number of hydrogen-bond donors (Lipinski definition) is 0. The Bertz CT molecular complexity index is 998. The first-order chi connectivity index (χ1) is 10.3. The van der Waals surface area contributed by atoms with Crippen LogP contribution in [0.15, 0.2) is 82.2 Å². The summed E-state index contributed by atoms with van der Waals surface area (Å²) in [7, 11) is 0. The van der Waals surface area contributed by atoms with Gasteiger partial charge in [-0.1, -0.05) is 60.7 Å². The van der Waals surface area contributed by atoms with E-state index in [1.165, 1.54) is 0 Å². The summed E-state index contributed by atoms with van der Waals surface area (Å²) in [6.07, 6.45) is 1.56. The number of rotatable bonds is 1. The van der Waals surface area contributed by atoms with Crippen LogP contribution < -0.4 is 5.43 Å². The van der Waals surface area contributed by atoms with Crippen molar-refractivity contribution < 1.29 is 4.42 Å². The molecule has 0 saturated heterocycles. The predicted octanol–water partition coefficient (Wildman–Crippen LogP) is 4.61. The van der Waals surface area contributed by atoms with Crippen molar-refractivity contribution in [2.75, 3.05) is 0 Å². The van der Waals surface area contributed by atoms with Crippen LogP contribution in [0, 0.1) is 0 Å². The SMILES string of the molecule is O=c1c(-c2ccccc2)coc2c1ccc1ccccc12. The second kappa shape index (κ2) is 4.60.